The average molecular weight is 574 g/mol. The first kappa shape index (κ1) is 34.8. The second-order valence-corrected chi connectivity index (χ2v) is 16.6. The number of carbonyl (C=O) groups excluding carboxylic acids is 1. The predicted octanol–water partition coefficient (Wildman–Crippen LogP) is 4.12. The van der Waals surface area contributed by atoms with E-state index in [9.17, 15) is 4.79 Å². The Hall–Kier alpha value is -1.19. The first-order chi connectivity index (χ1) is 18.0. The van der Waals surface area contributed by atoms with Crippen molar-refractivity contribution in [3.8, 4) is 0 Å². The first-order valence-electron chi connectivity index (χ1n) is 13.6. The minimum absolute atomic E-state index is 0.0596. The molecule has 0 aliphatic rings. The van der Waals surface area contributed by atoms with Gasteiger partial charge >= 0.3 is 17.6 Å². The molecule has 0 saturated carbocycles. The Balaban J connectivity index is 2.96. The standard InChI is InChI=1S/C27H53N2O7Si2/c1-23(2)21-26(24(3)4)25-13-17-28(18-14-25)22-27(30)29(15-11-19-37(31-5,32-6)33-7)16-12-20-38(34-8,35-9)36-10/h13-14,17-18,23-24,26H,11-12,15-16,19-22H2,1-10H3/q+1. The van der Waals surface area contributed by atoms with Crippen molar-refractivity contribution in [3.05, 3.63) is 30.1 Å². The number of hydrogen-bond acceptors (Lipinski definition) is 7. The maximum atomic E-state index is 13.5. The van der Waals surface area contributed by atoms with Gasteiger partial charge in [0.15, 0.2) is 12.4 Å². The molecule has 0 radical (unpaired) electrons. The number of amides is 1. The van der Waals surface area contributed by atoms with Crippen LogP contribution >= 0.6 is 0 Å². The van der Waals surface area contributed by atoms with Crippen LogP contribution < -0.4 is 4.57 Å². The van der Waals surface area contributed by atoms with E-state index in [4.69, 9.17) is 26.6 Å². The normalized spacial score (nSPS) is 13.4. The molecule has 1 unspecified atom stereocenters. The van der Waals surface area contributed by atoms with Crippen molar-refractivity contribution in [2.75, 3.05) is 55.7 Å². The predicted molar refractivity (Wildman–Crippen MR) is 153 cm³/mol. The van der Waals surface area contributed by atoms with E-state index in [-0.39, 0.29) is 12.5 Å². The van der Waals surface area contributed by atoms with E-state index < -0.39 is 17.6 Å². The van der Waals surface area contributed by atoms with Gasteiger partial charge in [0.25, 0.3) is 5.91 Å². The van der Waals surface area contributed by atoms with E-state index in [2.05, 4.69) is 39.8 Å². The Morgan fingerprint density at radius 1 is 0.789 bits per heavy atom. The Morgan fingerprint density at radius 2 is 1.21 bits per heavy atom. The van der Waals surface area contributed by atoms with Crippen LogP contribution in [0.4, 0.5) is 0 Å². The minimum Gasteiger partial charge on any atom is -0.377 e. The molecule has 11 heteroatoms. The van der Waals surface area contributed by atoms with Crippen LogP contribution in [-0.4, -0.2) is 84.2 Å². The topological polar surface area (TPSA) is 79.6 Å². The van der Waals surface area contributed by atoms with E-state index in [0.29, 0.717) is 55.8 Å². The Bertz CT molecular complexity index is 746. The van der Waals surface area contributed by atoms with Gasteiger partial charge < -0.3 is 31.5 Å². The zero-order valence-corrected chi connectivity index (χ0v) is 27.5. The maximum Gasteiger partial charge on any atom is 0.500 e. The van der Waals surface area contributed by atoms with Crippen molar-refractivity contribution in [1.29, 1.82) is 0 Å². The molecular weight excluding hydrogens is 520 g/mol. The number of nitrogens with zero attached hydrogens (tertiary/aromatic N) is 2. The van der Waals surface area contributed by atoms with E-state index in [1.807, 2.05) is 21.9 Å². The van der Waals surface area contributed by atoms with Crippen molar-refractivity contribution in [2.24, 2.45) is 11.8 Å². The maximum absolute atomic E-state index is 13.5. The molecule has 1 atom stereocenters. The summed E-state index contributed by atoms with van der Waals surface area (Å²) in [5, 5.41) is 0. The van der Waals surface area contributed by atoms with E-state index in [1.54, 1.807) is 42.7 Å². The summed E-state index contributed by atoms with van der Waals surface area (Å²) in [5.74, 6) is 1.77. The van der Waals surface area contributed by atoms with Crippen LogP contribution in [0.2, 0.25) is 12.1 Å². The first-order valence-corrected chi connectivity index (χ1v) is 17.5. The zero-order valence-electron chi connectivity index (χ0n) is 25.5. The molecule has 0 aromatic carbocycles. The molecule has 0 N–H and O–H groups in total. The van der Waals surface area contributed by atoms with Crippen LogP contribution in [0.5, 0.6) is 0 Å². The molecule has 1 amide bonds. The molecule has 38 heavy (non-hydrogen) atoms. The molecular formula is C27H53N2O7Si2+. The number of aromatic nitrogens is 1. The highest BCUT2D eigenvalue weighted by molar-refractivity contribution is 6.60. The molecule has 9 nitrogen and oxygen atoms in total. The summed E-state index contributed by atoms with van der Waals surface area (Å²) in [6, 6.07) is 5.58. The van der Waals surface area contributed by atoms with Gasteiger partial charge in [-0.1, -0.05) is 27.7 Å². The number of pyridine rings is 1. The van der Waals surface area contributed by atoms with Crippen LogP contribution in [-0.2, 0) is 37.9 Å². The Kier molecular flexibility index (Phi) is 16.0. The van der Waals surface area contributed by atoms with Crippen molar-refractivity contribution >= 4 is 23.5 Å². The van der Waals surface area contributed by atoms with Crippen LogP contribution in [0.1, 0.15) is 58.4 Å². The van der Waals surface area contributed by atoms with Gasteiger partial charge in [-0.25, -0.2) is 0 Å². The third kappa shape index (κ3) is 10.8. The van der Waals surface area contributed by atoms with Gasteiger partial charge in [-0.2, -0.15) is 4.57 Å². The Morgan fingerprint density at radius 3 is 1.55 bits per heavy atom. The zero-order chi connectivity index (χ0) is 28.8. The molecule has 0 fully saturated rings. The van der Waals surface area contributed by atoms with Crippen molar-refractivity contribution < 1.29 is 35.9 Å². The molecule has 220 valence electrons. The minimum atomic E-state index is -2.71. The summed E-state index contributed by atoms with van der Waals surface area (Å²) in [6.07, 6.45) is 6.63. The lowest BCUT2D eigenvalue weighted by Crippen LogP contribution is -2.47. The molecule has 0 bridgehead atoms. The average Bonchev–Trinajstić information content (AvgIpc) is 2.92. The monoisotopic (exact) mass is 573 g/mol. The third-order valence-corrected chi connectivity index (χ3v) is 12.9. The van der Waals surface area contributed by atoms with Gasteiger partial charge in [0.1, 0.15) is 0 Å². The highest BCUT2D eigenvalue weighted by Crippen LogP contribution is 2.30. The van der Waals surface area contributed by atoms with Gasteiger partial charge in [0, 0.05) is 80.0 Å². The molecule has 1 heterocycles. The lowest BCUT2D eigenvalue weighted by molar-refractivity contribution is -0.685. The molecule has 1 aromatic heterocycles. The molecule has 0 saturated heterocycles. The summed E-state index contributed by atoms with van der Waals surface area (Å²) in [7, 11) is 4.24. The van der Waals surface area contributed by atoms with E-state index in [0.717, 1.165) is 6.42 Å². The largest absolute Gasteiger partial charge is 0.500 e. The third-order valence-electron chi connectivity index (χ3n) is 7.23. The number of hydrogen-bond donors (Lipinski definition) is 0. The summed E-state index contributed by atoms with van der Waals surface area (Å²) < 4.78 is 35.3. The SMILES string of the molecule is CO[Si](CCCN(CCC[Si](OC)(OC)OC)C(=O)C[n+]1ccc(C(CC(C)C)C(C)C)cc1)(OC)OC. The highest BCUT2D eigenvalue weighted by Gasteiger charge is 2.39. The lowest BCUT2D eigenvalue weighted by Gasteiger charge is -2.28. The van der Waals surface area contributed by atoms with Crippen molar-refractivity contribution in [2.45, 2.75) is 71.5 Å². The van der Waals surface area contributed by atoms with Crippen LogP contribution in [0.15, 0.2) is 24.5 Å². The smallest absolute Gasteiger partial charge is 0.377 e. The van der Waals surface area contributed by atoms with Crippen LogP contribution in [0, 0.1) is 11.8 Å². The molecule has 1 aromatic rings. The lowest BCUT2D eigenvalue weighted by atomic mass is 9.83. The number of carbonyl (C=O) groups is 1. The van der Waals surface area contributed by atoms with Gasteiger partial charge in [-0.05, 0) is 42.6 Å². The summed E-state index contributed by atoms with van der Waals surface area (Å²) >= 11 is 0. The van der Waals surface area contributed by atoms with Gasteiger partial charge in [0.05, 0.1) is 0 Å². The summed E-state index contributed by atoms with van der Waals surface area (Å²) in [5.41, 5.74) is 1.33. The molecule has 1 rings (SSSR count). The number of rotatable bonds is 20. The van der Waals surface area contributed by atoms with Crippen molar-refractivity contribution in [3.63, 3.8) is 0 Å². The molecule has 0 spiro atoms. The fraction of sp³-hybridized carbons (Fsp3) is 0.778. The highest BCUT2D eigenvalue weighted by atomic mass is 28.4. The van der Waals surface area contributed by atoms with E-state index in [1.165, 1.54) is 5.56 Å². The second kappa shape index (κ2) is 17.5. The van der Waals surface area contributed by atoms with Crippen LogP contribution in [0.25, 0.3) is 0 Å². The quantitative estimate of drug-likeness (QED) is 0.171. The van der Waals surface area contributed by atoms with Gasteiger partial charge in [-0.15, -0.1) is 0 Å². The molecule has 0 aliphatic carbocycles. The van der Waals surface area contributed by atoms with E-state index >= 15 is 0 Å². The van der Waals surface area contributed by atoms with Crippen LogP contribution in [0.3, 0.4) is 0 Å². The summed E-state index contributed by atoms with van der Waals surface area (Å²) in [6.45, 7) is 10.5. The second-order valence-electron chi connectivity index (χ2n) is 10.5. The fourth-order valence-electron chi connectivity index (χ4n) is 4.83. The summed E-state index contributed by atoms with van der Waals surface area (Å²) in [4.78, 5) is 15.4. The Labute approximate surface area is 233 Å². The fourth-order valence-corrected chi connectivity index (χ4v) is 8.23. The molecule has 0 aliphatic heterocycles. The van der Waals surface area contributed by atoms with Gasteiger partial charge in [-0.3, -0.25) is 4.79 Å². The van der Waals surface area contributed by atoms with Crippen molar-refractivity contribution in [1.82, 2.24) is 4.90 Å². The van der Waals surface area contributed by atoms with Gasteiger partial charge in [0.2, 0.25) is 6.54 Å².